The first-order valence-corrected chi connectivity index (χ1v) is 11.5. The second-order valence-electron chi connectivity index (χ2n) is 8.08. The van der Waals surface area contributed by atoms with Gasteiger partial charge in [-0.3, -0.25) is 4.98 Å². The molecule has 2 aromatic carbocycles. The highest BCUT2D eigenvalue weighted by Crippen LogP contribution is 2.38. The highest BCUT2D eigenvalue weighted by atomic mass is 32.2. The van der Waals surface area contributed by atoms with E-state index in [9.17, 15) is 13.5 Å². The first-order chi connectivity index (χ1) is 14.3. The van der Waals surface area contributed by atoms with Gasteiger partial charge in [-0.15, -0.1) is 0 Å². The van der Waals surface area contributed by atoms with Crippen LogP contribution in [-0.4, -0.2) is 42.5 Å². The van der Waals surface area contributed by atoms with Gasteiger partial charge >= 0.3 is 0 Å². The first kappa shape index (κ1) is 20.8. The average molecular weight is 427 g/mol. The van der Waals surface area contributed by atoms with E-state index in [-0.39, 0.29) is 10.8 Å². The van der Waals surface area contributed by atoms with E-state index < -0.39 is 22.2 Å². The van der Waals surface area contributed by atoms with Crippen molar-refractivity contribution in [3.05, 3.63) is 65.9 Å². The Morgan fingerprint density at radius 2 is 1.90 bits per heavy atom. The van der Waals surface area contributed by atoms with Crippen LogP contribution in [0.4, 0.5) is 0 Å². The number of hydrogen-bond acceptors (Lipinski definition) is 5. The average Bonchev–Trinajstić information content (AvgIpc) is 2.74. The molecular formula is C23H26N2O4S. The van der Waals surface area contributed by atoms with Crippen LogP contribution in [0, 0.1) is 5.92 Å². The van der Waals surface area contributed by atoms with Gasteiger partial charge in [-0.05, 0) is 36.2 Å². The second-order valence-corrected chi connectivity index (χ2v) is 9.94. The zero-order valence-corrected chi connectivity index (χ0v) is 18.1. The van der Waals surface area contributed by atoms with Crippen molar-refractivity contribution in [1.29, 1.82) is 0 Å². The van der Waals surface area contributed by atoms with Crippen molar-refractivity contribution < 1.29 is 18.3 Å². The monoisotopic (exact) mass is 426 g/mol. The number of ether oxygens (including phenoxy) is 1. The Kier molecular flexibility index (Phi) is 5.53. The fraction of sp³-hybridized carbons (Fsp3) is 0.348. The molecule has 4 rings (SSSR count). The molecule has 0 fully saturated rings. The minimum Gasteiger partial charge on any atom is -0.497 e. The molecule has 3 aromatic rings. The van der Waals surface area contributed by atoms with Crippen LogP contribution >= 0.6 is 0 Å². The van der Waals surface area contributed by atoms with E-state index in [1.54, 1.807) is 31.4 Å². The summed E-state index contributed by atoms with van der Waals surface area (Å²) >= 11 is 0. The molecule has 0 amide bonds. The molecule has 158 valence electrons. The molecule has 7 heteroatoms. The number of methoxy groups -OCH3 is 1. The standard InChI is InChI=1S/C23H26N2O4S/c1-15(2)14-25-21(23(26)19-6-4-5-7-22(19)30(25,27)28)13-17-9-8-16-12-18(29-3)10-11-20(16)24-17/h4-12,15,21,23,26H,13-14H2,1-3H3/t21-,23-/m1/s1. The molecule has 2 atom stereocenters. The summed E-state index contributed by atoms with van der Waals surface area (Å²) in [6, 6.07) is 15.6. The Labute approximate surface area is 177 Å². The van der Waals surface area contributed by atoms with Gasteiger partial charge in [-0.1, -0.05) is 38.1 Å². The maximum atomic E-state index is 13.3. The van der Waals surface area contributed by atoms with Gasteiger partial charge in [0, 0.05) is 29.6 Å². The van der Waals surface area contributed by atoms with Gasteiger partial charge in [0.05, 0.1) is 29.7 Å². The highest BCUT2D eigenvalue weighted by Gasteiger charge is 2.43. The summed E-state index contributed by atoms with van der Waals surface area (Å²) in [4.78, 5) is 4.90. The predicted molar refractivity (Wildman–Crippen MR) is 116 cm³/mol. The summed E-state index contributed by atoms with van der Waals surface area (Å²) in [5.41, 5.74) is 1.99. The summed E-state index contributed by atoms with van der Waals surface area (Å²) < 4.78 is 33.4. The van der Waals surface area contributed by atoms with Gasteiger partial charge < -0.3 is 9.84 Å². The molecule has 1 aromatic heterocycles. The lowest BCUT2D eigenvalue weighted by Gasteiger charge is -2.40. The zero-order chi connectivity index (χ0) is 21.5. The molecular weight excluding hydrogens is 400 g/mol. The zero-order valence-electron chi connectivity index (χ0n) is 17.3. The maximum Gasteiger partial charge on any atom is 0.243 e. The van der Waals surface area contributed by atoms with Crippen LogP contribution in [-0.2, 0) is 16.4 Å². The predicted octanol–water partition coefficient (Wildman–Crippen LogP) is 3.55. The number of nitrogens with zero attached hydrogens (tertiary/aromatic N) is 2. The number of rotatable bonds is 5. The minimum atomic E-state index is -3.70. The Hall–Kier alpha value is -2.48. The van der Waals surface area contributed by atoms with Gasteiger partial charge in [0.15, 0.2) is 0 Å². The van der Waals surface area contributed by atoms with Crippen molar-refractivity contribution in [3.8, 4) is 5.75 Å². The third kappa shape index (κ3) is 3.69. The molecule has 0 unspecified atom stereocenters. The van der Waals surface area contributed by atoms with Crippen LogP contribution in [0.5, 0.6) is 5.75 Å². The summed E-state index contributed by atoms with van der Waals surface area (Å²) in [5, 5.41) is 12.1. The second kappa shape index (κ2) is 7.98. The summed E-state index contributed by atoms with van der Waals surface area (Å²) in [7, 11) is -2.08. The van der Waals surface area contributed by atoms with Crippen LogP contribution in [0.3, 0.4) is 0 Å². The lowest BCUT2D eigenvalue weighted by atomic mass is 9.96. The van der Waals surface area contributed by atoms with Gasteiger partial charge in [0.1, 0.15) is 5.75 Å². The molecule has 1 aliphatic rings. The Balaban J connectivity index is 1.75. The summed E-state index contributed by atoms with van der Waals surface area (Å²) in [5.74, 6) is 0.877. The topological polar surface area (TPSA) is 79.7 Å². The fourth-order valence-electron chi connectivity index (χ4n) is 4.04. The van der Waals surface area contributed by atoms with Crippen molar-refractivity contribution in [3.63, 3.8) is 0 Å². The van der Waals surface area contributed by atoms with E-state index in [4.69, 9.17) is 9.72 Å². The van der Waals surface area contributed by atoms with E-state index >= 15 is 0 Å². The lowest BCUT2D eigenvalue weighted by molar-refractivity contribution is 0.0749. The summed E-state index contributed by atoms with van der Waals surface area (Å²) in [6.45, 7) is 4.28. The number of aromatic nitrogens is 1. The molecule has 0 radical (unpaired) electrons. The molecule has 0 aliphatic carbocycles. The van der Waals surface area contributed by atoms with Crippen molar-refractivity contribution in [2.24, 2.45) is 5.92 Å². The van der Waals surface area contributed by atoms with E-state index in [0.29, 0.717) is 18.5 Å². The molecule has 0 spiro atoms. The van der Waals surface area contributed by atoms with Crippen molar-refractivity contribution in [2.75, 3.05) is 13.7 Å². The van der Waals surface area contributed by atoms with Crippen LogP contribution in [0.2, 0.25) is 0 Å². The number of fused-ring (bicyclic) bond motifs is 2. The SMILES string of the molecule is COc1ccc2nc(C[C@@H]3[C@H](O)c4ccccc4S(=O)(=O)N3CC(C)C)ccc2c1. The number of sulfonamides is 1. The summed E-state index contributed by atoms with van der Waals surface area (Å²) in [6.07, 6.45) is -0.597. The van der Waals surface area contributed by atoms with E-state index in [0.717, 1.165) is 22.3 Å². The van der Waals surface area contributed by atoms with Crippen molar-refractivity contribution >= 4 is 20.9 Å². The minimum absolute atomic E-state index is 0.122. The van der Waals surface area contributed by atoms with Gasteiger partial charge in [0.2, 0.25) is 10.0 Å². The molecule has 0 saturated carbocycles. The first-order valence-electron chi connectivity index (χ1n) is 10.0. The Morgan fingerprint density at radius 1 is 1.13 bits per heavy atom. The lowest BCUT2D eigenvalue weighted by Crippen LogP contribution is -2.50. The number of benzene rings is 2. The van der Waals surface area contributed by atoms with Gasteiger partial charge in [0.25, 0.3) is 0 Å². The molecule has 6 nitrogen and oxygen atoms in total. The third-order valence-corrected chi connectivity index (χ3v) is 7.44. The smallest absolute Gasteiger partial charge is 0.243 e. The number of aliphatic hydroxyl groups is 1. The molecule has 30 heavy (non-hydrogen) atoms. The molecule has 0 saturated heterocycles. The maximum absolute atomic E-state index is 13.3. The van der Waals surface area contributed by atoms with Gasteiger partial charge in [-0.2, -0.15) is 4.31 Å². The normalized spacial score (nSPS) is 21.0. The van der Waals surface area contributed by atoms with E-state index in [2.05, 4.69) is 0 Å². The number of hydrogen-bond donors (Lipinski definition) is 1. The number of pyridine rings is 1. The Morgan fingerprint density at radius 3 is 2.63 bits per heavy atom. The molecule has 1 N–H and O–H groups in total. The molecule has 0 bridgehead atoms. The van der Waals surface area contributed by atoms with Crippen LogP contribution in [0.25, 0.3) is 10.9 Å². The largest absolute Gasteiger partial charge is 0.497 e. The van der Waals surface area contributed by atoms with Crippen LogP contribution in [0.15, 0.2) is 59.5 Å². The third-order valence-electron chi connectivity index (χ3n) is 5.48. The molecule has 1 aliphatic heterocycles. The quantitative estimate of drug-likeness (QED) is 0.675. The molecule has 2 heterocycles. The highest BCUT2D eigenvalue weighted by molar-refractivity contribution is 7.89. The van der Waals surface area contributed by atoms with Crippen LogP contribution < -0.4 is 4.74 Å². The van der Waals surface area contributed by atoms with E-state index in [1.807, 2.05) is 44.2 Å². The number of aliphatic hydroxyl groups excluding tert-OH is 1. The van der Waals surface area contributed by atoms with Crippen molar-refractivity contribution in [1.82, 2.24) is 9.29 Å². The van der Waals surface area contributed by atoms with Crippen LogP contribution in [0.1, 0.15) is 31.2 Å². The fourth-order valence-corrected chi connectivity index (χ4v) is 6.07. The van der Waals surface area contributed by atoms with Gasteiger partial charge in [-0.25, -0.2) is 8.42 Å². The van der Waals surface area contributed by atoms with E-state index in [1.165, 1.54) is 4.31 Å². The Bertz CT molecular complexity index is 1180. The van der Waals surface area contributed by atoms with Crippen molar-refractivity contribution in [2.45, 2.75) is 37.3 Å².